The third-order valence-electron chi connectivity index (χ3n) is 3.71. The van der Waals surface area contributed by atoms with Gasteiger partial charge in [0.1, 0.15) is 5.75 Å². The van der Waals surface area contributed by atoms with Gasteiger partial charge in [-0.3, -0.25) is 0 Å². The molecule has 3 heteroatoms. The minimum atomic E-state index is -0.553. The van der Waals surface area contributed by atoms with Crippen molar-refractivity contribution in [2.75, 3.05) is 6.61 Å². The van der Waals surface area contributed by atoms with E-state index in [1.165, 1.54) is 5.56 Å². The predicted octanol–water partition coefficient (Wildman–Crippen LogP) is 3.50. The van der Waals surface area contributed by atoms with Gasteiger partial charge in [0.2, 0.25) is 0 Å². The zero-order valence-electron chi connectivity index (χ0n) is 10.8. The molecule has 1 unspecified atom stereocenters. The van der Waals surface area contributed by atoms with Crippen LogP contribution in [-0.4, -0.2) is 6.61 Å². The molecular weight excluding hydrogens is 258 g/mol. The number of hydrogen-bond acceptors (Lipinski definition) is 2. The maximum absolute atomic E-state index is 6.52. The Labute approximate surface area is 118 Å². The van der Waals surface area contributed by atoms with E-state index in [1.807, 2.05) is 43.3 Å². The van der Waals surface area contributed by atoms with E-state index in [2.05, 4.69) is 6.07 Å². The van der Waals surface area contributed by atoms with E-state index >= 15 is 0 Å². The summed E-state index contributed by atoms with van der Waals surface area (Å²) < 4.78 is 5.53. The molecule has 0 amide bonds. The van der Waals surface area contributed by atoms with Crippen molar-refractivity contribution in [2.45, 2.75) is 18.9 Å². The summed E-state index contributed by atoms with van der Waals surface area (Å²) in [6.07, 6.45) is 0.953. The first-order valence-corrected chi connectivity index (χ1v) is 6.76. The number of rotatable bonds is 2. The molecule has 3 rings (SSSR count). The van der Waals surface area contributed by atoms with Crippen molar-refractivity contribution >= 4 is 11.6 Å². The molecule has 0 aliphatic carbocycles. The first-order chi connectivity index (χ1) is 9.07. The van der Waals surface area contributed by atoms with Gasteiger partial charge in [-0.2, -0.15) is 0 Å². The highest BCUT2D eigenvalue weighted by Crippen LogP contribution is 2.33. The zero-order chi connectivity index (χ0) is 13.5. The molecule has 0 fully saturated rings. The minimum absolute atomic E-state index is 0.553. The summed E-state index contributed by atoms with van der Waals surface area (Å²) in [6.45, 7) is 2.77. The largest absolute Gasteiger partial charge is 0.493 e. The van der Waals surface area contributed by atoms with Crippen molar-refractivity contribution in [1.82, 2.24) is 0 Å². The standard InChI is InChI=1S/C16H16ClNO/c1-16(18,12-3-2-4-14(17)10-12)13-5-6-15-11(9-13)7-8-19-15/h2-6,9-10H,7-8,18H2,1H3. The SMILES string of the molecule is CC(N)(c1cccc(Cl)c1)c1ccc2c(c1)CCO2. The van der Waals surface area contributed by atoms with Gasteiger partial charge in [-0.15, -0.1) is 0 Å². The minimum Gasteiger partial charge on any atom is -0.493 e. The number of nitrogens with two attached hydrogens (primary N) is 1. The van der Waals surface area contributed by atoms with Crippen LogP contribution in [-0.2, 0) is 12.0 Å². The third kappa shape index (κ3) is 2.22. The maximum atomic E-state index is 6.52. The lowest BCUT2D eigenvalue weighted by molar-refractivity contribution is 0.356. The molecule has 2 aromatic rings. The predicted molar refractivity (Wildman–Crippen MR) is 77.7 cm³/mol. The van der Waals surface area contributed by atoms with Gasteiger partial charge in [-0.1, -0.05) is 29.8 Å². The Kier molecular flexibility index (Phi) is 3.00. The van der Waals surface area contributed by atoms with Crippen LogP contribution in [0.2, 0.25) is 5.02 Å². The van der Waals surface area contributed by atoms with Crippen LogP contribution in [0.1, 0.15) is 23.6 Å². The second-order valence-electron chi connectivity index (χ2n) is 5.13. The van der Waals surface area contributed by atoms with Gasteiger partial charge in [0.15, 0.2) is 0 Å². The van der Waals surface area contributed by atoms with Crippen molar-refractivity contribution in [3.05, 3.63) is 64.2 Å². The molecule has 1 heterocycles. The molecule has 2 aromatic carbocycles. The maximum Gasteiger partial charge on any atom is 0.122 e. The molecule has 1 aliphatic heterocycles. The van der Waals surface area contributed by atoms with Crippen molar-refractivity contribution in [2.24, 2.45) is 5.73 Å². The Balaban J connectivity index is 2.04. The Morgan fingerprint density at radius 1 is 1.16 bits per heavy atom. The van der Waals surface area contributed by atoms with Crippen molar-refractivity contribution < 1.29 is 4.74 Å². The Morgan fingerprint density at radius 2 is 1.95 bits per heavy atom. The zero-order valence-corrected chi connectivity index (χ0v) is 11.6. The van der Waals surface area contributed by atoms with Crippen LogP contribution in [0.5, 0.6) is 5.75 Å². The van der Waals surface area contributed by atoms with Gasteiger partial charge >= 0.3 is 0 Å². The van der Waals surface area contributed by atoms with Crippen LogP contribution in [0.15, 0.2) is 42.5 Å². The van der Waals surface area contributed by atoms with Gasteiger partial charge in [0, 0.05) is 11.4 Å². The van der Waals surface area contributed by atoms with E-state index in [1.54, 1.807) is 0 Å². The number of fused-ring (bicyclic) bond motifs is 1. The first-order valence-electron chi connectivity index (χ1n) is 6.38. The summed E-state index contributed by atoms with van der Waals surface area (Å²) in [5, 5.41) is 0.707. The lowest BCUT2D eigenvalue weighted by atomic mass is 9.85. The van der Waals surface area contributed by atoms with Crippen molar-refractivity contribution in [1.29, 1.82) is 0 Å². The smallest absolute Gasteiger partial charge is 0.122 e. The van der Waals surface area contributed by atoms with Crippen molar-refractivity contribution in [3.63, 3.8) is 0 Å². The Hall–Kier alpha value is -1.51. The Bertz CT molecular complexity index is 622. The van der Waals surface area contributed by atoms with E-state index in [0.717, 1.165) is 29.9 Å². The van der Waals surface area contributed by atoms with Crippen LogP contribution < -0.4 is 10.5 Å². The second kappa shape index (κ2) is 4.55. The van der Waals surface area contributed by atoms with Gasteiger partial charge < -0.3 is 10.5 Å². The summed E-state index contributed by atoms with van der Waals surface area (Å²) >= 11 is 6.06. The van der Waals surface area contributed by atoms with E-state index in [0.29, 0.717) is 5.02 Å². The molecule has 0 spiro atoms. The summed E-state index contributed by atoms with van der Waals surface area (Å²) in [5.74, 6) is 0.977. The summed E-state index contributed by atoms with van der Waals surface area (Å²) in [5.41, 5.74) is 9.30. The molecule has 0 saturated carbocycles. The molecule has 2 nitrogen and oxygen atoms in total. The van der Waals surface area contributed by atoms with Crippen LogP contribution in [0.4, 0.5) is 0 Å². The molecule has 19 heavy (non-hydrogen) atoms. The number of benzene rings is 2. The van der Waals surface area contributed by atoms with E-state index in [-0.39, 0.29) is 0 Å². The molecule has 2 N–H and O–H groups in total. The highest BCUT2D eigenvalue weighted by molar-refractivity contribution is 6.30. The lowest BCUT2D eigenvalue weighted by Gasteiger charge is -2.26. The fraction of sp³-hybridized carbons (Fsp3) is 0.250. The van der Waals surface area contributed by atoms with Crippen LogP contribution in [0.3, 0.4) is 0 Å². The van der Waals surface area contributed by atoms with Crippen LogP contribution in [0.25, 0.3) is 0 Å². The van der Waals surface area contributed by atoms with Gasteiger partial charge in [0.05, 0.1) is 12.1 Å². The molecule has 0 saturated heterocycles. The molecule has 98 valence electrons. The second-order valence-corrected chi connectivity index (χ2v) is 5.57. The Morgan fingerprint density at radius 3 is 2.74 bits per heavy atom. The highest BCUT2D eigenvalue weighted by atomic mass is 35.5. The molecular formula is C16H16ClNO. The topological polar surface area (TPSA) is 35.2 Å². The summed E-state index contributed by atoms with van der Waals surface area (Å²) in [6, 6.07) is 13.9. The average molecular weight is 274 g/mol. The lowest BCUT2D eigenvalue weighted by Crippen LogP contribution is -2.34. The summed E-state index contributed by atoms with van der Waals surface area (Å²) in [7, 11) is 0. The van der Waals surface area contributed by atoms with E-state index in [4.69, 9.17) is 22.1 Å². The summed E-state index contributed by atoms with van der Waals surface area (Å²) in [4.78, 5) is 0. The number of hydrogen-bond donors (Lipinski definition) is 1. The van der Waals surface area contributed by atoms with Crippen LogP contribution in [0, 0.1) is 0 Å². The third-order valence-corrected chi connectivity index (χ3v) is 3.95. The van der Waals surface area contributed by atoms with Gasteiger partial charge in [-0.25, -0.2) is 0 Å². The molecule has 0 aromatic heterocycles. The molecule has 0 bridgehead atoms. The first kappa shape index (κ1) is 12.5. The van der Waals surface area contributed by atoms with E-state index < -0.39 is 5.54 Å². The molecule has 0 radical (unpaired) electrons. The average Bonchev–Trinajstić information content (AvgIpc) is 2.85. The van der Waals surface area contributed by atoms with Gasteiger partial charge in [-0.05, 0) is 47.9 Å². The molecule has 1 atom stereocenters. The quantitative estimate of drug-likeness (QED) is 0.909. The monoisotopic (exact) mass is 273 g/mol. The number of halogens is 1. The fourth-order valence-corrected chi connectivity index (χ4v) is 2.68. The molecule has 1 aliphatic rings. The number of ether oxygens (including phenoxy) is 1. The van der Waals surface area contributed by atoms with Crippen LogP contribution >= 0.6 is 11.6 Å². The van der Waals surface area contributed by atoms with Crippen molar-refractivity contribution in [3.8, 4) is 5.75 Å². The van der Waals surface area contributed by atoms with Gasteiger partial charge in [0.25, 0.3) is 0 Å². The fourth-order valence-electron chi connectivity index (χ4n) is 2.49. The highest BCUT2D eigenvalue weighted by Gasteiger charge is 2.25. The normalized spacial score (nSPS) is 16.6. The van der Waals surface area contributed by atoms with E-state index in [9.17, 15) is 0 Å².